The van der Waals surface area contributed by atoms with Gasteiger partial charge < -0.3 is 14.8 Å². The maximum Gasteiger partial charge on any atom is 0.269 e. The number of ether oxygens (including phenoxy) is 2. The molecule has 0 saturated heterocycles. The predicted molar refractivity (Wildman–Crippen MR) is 102 cm³/mol. The molecule has 3 aromatic rings. The van der Waals surface area contributed by atoms with Crippen LogP contribution in [-0.4, -0.2) is 29.3 Å². The van der Waals surface area contributed by atoms with Crippen LogP contribution in [-0.2, 0) is 0 Å². The maximum atomic E-state index is 12.6. The smallest absolute Gasteiger partial charge is 0.269 e. The van der Waals surface area contributed by atoms with Gasteiger partial charge in [-0.25, -0.2) is 0 Å². The molecule has 27 heavy (non-hydrogen) atoms. The van der Waals surface area contributed by atoms with Crippen molar-refractivity contribution in [2.75, 3.05) is 13.2 Å². The summed E-state index contributed by atoms with van der Waals surface area (Å²) in [5.74, 6) is 1.20. The Kier molecular flexibility index (Phi) is 4.73. The molecular weight excluding hydrogens is 366 g/mol. The molecule has 1 aromatic heterocycles. The zero-order valence-electron chi connectivity index (χ0n) is 14.7. The molecule has 1 amide bonds. The summed E-state index contributed by atoms with van der Waals surface area (Å²) in [6.45, 7) is 2.99. The number of nitrogens with one attached hydrogen (secondary N) is 2. The Balaban J connectivity index is 1.46. The largest absolute Gasteiger partial charge is 0.486 e. The Morgan fingerprint density at radius 2 is 1.85 bits per heavy atom. The molecule has 2 N–H and O–H groups in total. The van der Waals surface area contributed by atoms with Crippen molar-refractivity contribution >= 4 is 17.5 Å². The zero-order valence-corrected chi connectivity index (χ0v) is 15.4. The molecule has 0 aliphatic carbocycles. The molecule has 0 unspecified atom stereocenters. The summed E-state index contributed by atoms with van der Waals surface area (Å²) in [5, 5.41) is 10.6. The molecule has 6 nitrogen and oxygen atoms in total. The number of aromatic nitrogens is 2. The lowest BCUT2D eigenvalue weighted by atomic mass is 10.1. The summed E-state index contributed by atoms with van der Waals surface area (Å²) in [6.07, 6.45) is 0. The summed E-state index contributed by atoms with van der Waals surface area (Å²) < 4.78 is 11.1. The van der Waals surface area contributed by atoms with Crippen LogP contribution in [0.4, 0.5) is 0 Å². The van der Waals surface area contributed by atoms with Crippen LogP contribution in [0.25, 0.3) is 11.3 Å². The third-order valence-electron chi connectivity index (χ3n) is 4.38. The van der Waals surface area contributed by atoms with Crippen LogP contribution >= 0.6 is 11.6 Å². The molecule has 7 heteroatoms. The second-order valence-corrected chi connectivity index (χ2v) is 6.71. The van der Waals surface area contributed by atoms with E-state index < -0.39 is 0 Å². The number of hydrogen-bond donors (Lipinski definition) is 2. The highest BCUT2D eigenvalue weighted by Crippen LogP contribution is 2.32. The van der Waals surface area contributed by atoms with Crippen LogP contribution in [0.15, 0.2) is 48.5 Å². The molecule has 0 fully saturated rings. The highest BCUT2D eigenvalue weighted by atomic mass is 35.5. The van der Waals surface area contributed by atoms with E-state index in [9.17, 15) is 4.79 Å². The van der Waals surface area contributed by atoms with Gasteiger partial charge >= 0.3 is 0 Å². The molecule has 2 aromatic carbocycles. The number of carbonyl (C=O) groups excluding carboxylic acids is 1. The molecule has 0 saturated carbocycles. The van der Waals surface area contributed by atoms with Crippen molar-refractivity contribution < 1.29 is 14.3 Å². The fraction of sp³-hybridized carbons (Fsp3) is 0.200. The minimum absolute atomic E-state index is 0.199. The first kappa shape index (κ1) is 17.4. The Hall–Kier alpha value is -2.99. The van der Waals surface area contributed by atoms with Crippen molar-refractivity contribution in [1.82, 2.24) is 15.5 Å². The fourth-order valence-electron chi connectivity index (χ4n) is 2.89. The number of fused-ring (bicyclic) bond motifs is 1. The van der Waals surface area contributed by atoms with Gasteiger partial charge in [-0.15, -0.1) is 0 Å². The Morgan fingerprint density at radius 3 is 2.63 bits per heavy atom. The topological polar surface area (TPSA) is 76.2 Å². The second kappa shape index (κ2) is 7.32. The van der Waals surface area contributed by atoms with Gasteiger partial charge in [0.2, 0.25) is 0 Å². The number of hydrogen-bond acceptors (Lipinski definition) is 4. The van der Waals surface area contributed by atoms with Crippen LogP contribution in [0.1, 0.15) is 29.0 Å². The van der Waals surface area contributed by atoms with Gasteiger partial charge in [0, 0.05) is 10.6 Å². The highest BCUT2D eigenvalue weighted by molar-refractivity contribution is 6.30. The van der Waals surface area contributed by atoms with Gasteiger partial charge in [0.15, 0.2) is 11.5 Å². The summed E-state index contributed by atoms with van der Waals surface area (Å²) in [7, 11) is 0. The van der Waals surface area contributed by atoms with Crippen LogP contribution < -0.4 is 14.8 Å². The van der Waals surface area contributed by atoms with E-state index in [2.05, 4.69) is 15.5 Å². The molecular formula is C20H18ClN3O3. The first-order chi connectivity index (χ1) is 13.1. The van der Waals surface area contributed by atoms with Crippen molar-refractivity contribution in [2.24, 2.45) is 0 Å². The van der Waals surface area contributed by atoms with Crippen LogP contribution in [0, 0.1) is 0 Å². The standard InChI is InChI=1S/C20H18ClN3O3/c1-12(14-4-7-18-19(10-14)27-9-8-26-18)22-20(25)17-11-16(23-24-17)13-2-5-15(21)6-3-13/h2-7,10-12H,8-9H2,1H3,(H,22,25)(H,23,24)/t12-/m1/s1. The SMILES string of the molecule is C[C@@H](NC(=O)c1cc(-c2ccc(Cl)cc2)n[nH]1)c1ccc2c(c1)OCCO2. The minimum atomic E-state index is -0.231. The van der Waals surface area contributed by atoms with Crippen molar-refractivity contribution in [3.8, 4) is 22.8 Å². The molecule has 0 radical (unpaired) electrons. The summed E-state index contributed by atoms with van der Waals surface area (Å²) >= 11 is 5.91. The number of nitrogens with zero attached hydrogens (tertiary/aromatic N) is 1. The molecule has 1 aliphatic heterocycles. The maximum absolute atomic E-state index is 12.6. The molecule has 1 atom stereocenters. The van der Waals surface area contributed by atoms with Gasteiger partial charge in [-0.2, -0.15) is 5.10 Å². The van der Waals surface area contributed by atoms with Gasteiger partial charge in [0.25, 0.3) is 5.91 Å². The first-order valence-electron chi connectivity index (χ1n) is 8.62. The number of benzene rings is 2. The fourth-order valence-corrected chi connectivity index (χ4v) is 3.02. The van der Waals surface area contributed by atoms with Crippen LogP contribution in [0.3, 0.4) is 0 Å². The summed E-state index contributed by atoms with van der Waals surface area (Å²) in [5.41, 5.74) is 2.90. The van der Waals surface area contributed by atoms with Crippen LogP contribution in [0.2, 0.25) is 5.02 Å². The number of H-pyrrole nitrogens is 1. The summed E-state index contributed by atoms with van der Waals surface area (Å²) in [6, 6.07) is 14.5. The predicted octanol–water partition coefficient (Wildman–Crippen LogP) is 3.99. The van der Waals surface area contributed by atoms with Gasteiger partial charge in [0.05, 0.1) is 11.7 Å². The van der Waals surface area contributed by atoms with Crippen molar-refractivity contribution in [3.05, 3.63) is 64.8 Å². The van der Waals surface area contributed by atoms with Crippen molar-refractivity contribution in [2.45, 2.75) is 13.0 Å². The van der Waals surface area contributed by atoms with Gasteiger partial charge in [-0.3, -0.25) is 9.89 Å². The number of halogens is 1. The van der Waals surface area contributed by atoms with E-state index in [0.29, 0.717) is 35.4 Å². The van der Waals surface area contributed by atoms with Crippen LogP contribution in [0.5, 0.6) is 11.5 Å². The third kappa shape index (κ3) is 3.75. The first-order valence-corrected chi connectivity index (χ1v) is 9.00. The Labute approximate surface area is 161 Å². The highest BCUT2D eigenvalue weighted by Gasteiger charge is 2.18. The van der Waals surface area contributed by atoms with E-state index in [1.165, 1.54) is 0 Å². The van der Waals surface area contributed by atoms with Crippen molar-refractivity contribution in [3.63, 3.8) is 0 Å². The van der Waals surface area contributed by atoms with Gasteiger partial charge in [-0.1, -0.05) is 29.8 Å². The lowest BCUT2D eigenvalue weighted by Crippen LogP contribution is -2.27. The van der Waals surface area contributed by atoms with E-state index in [4.69, 9.17) is 21.1 Å². The number of rotatable bonds is 4. The third-order valence-corrected chi connectivity index (χ3v) is 4.63. The average Bonchev–Trinajstić information content (AvgIpc) is 3.18. The van der Waals surface area contributed by atoms with E-state index in [0.717, 1.165) is 16.9 Å². The second-order valence-electron chi connectivity index (χ2n) is 6.27. The van der Waals surface area contributed by atoms with E-state index in [-0.39, 0.29) is 11.9 Å². The van der Waals surface area contributed by atoms with Crippen molar-refractivity contribution in [1.29, 1.82) is 0 Å². The molecule has 1 aliphatic rings. The molecule has 0 bridgehead atoms. The normalized spacial score (nSPS) is 13.9. The lowest BCUT2D eigenvalue weighted by molar-refractivity contribution is 0.0934. The Morgan fingerprint density at radius 1 is 1.11 bits per heavy atom. The quantitative estimate of drug-likeness (QED) is 0.714. The number of amides is 1. The molecule has 2 heterocycles. The molecule has 0 spiro atoms. The monoisotopic (exact) mass is 383 g/mol. The molecule has 4 rings (SSSR count). The average molecular weight is 384 g/mol. The lowest BCUT2D eigenvalue weighted by Gasteiger charge is -2.21. The van der Waals surface area contributed by atoms with E-state index in [1.54, 1.807) is 18.2 Å². The molecule has 138 valence electrons. The van der Waals surface area contributed by atoms with Gasteiger partial charge in [0.1, 0.15) is 18.9 Å². The zero-order chi connectivity index (χ0) is 18.8. The van der Waals surface area contributed by atoms with Gasteiger partial charge in [-0.05, 0) is 42.8 Å². The number of carbonyl (C=O) groups is 1. The summed E-state index contributed by atoms with van der Waals surface area (Å²) in [4.78, 5) is 12.6. The van der Waals surface area contributed by atoms with E-state index in [1.807, 2.05) is 37.3 Å². The Bertz CT molecular complexity index is 969. The van der Waals surface area contributed by atoms with E-state index >= 15 is 0 Å². The number of aromatic amines is 1. The minimum Gasteiger partial charge on any atom is -0.486 e.